The second-order valence-corrected chi connectivity index (χ2v) is 10.2. The normalized spacial score (nSPS) is 16.9. The molecule has 1 aliphatic heterocycles. The molecule has 1 saturated heterocycles. The van der Waals surface area contributed by atoms with Gasteiger partial charge in [0.05, 0.1) is 17.4 Å². The number of nitrogens with one attached hydrogen (secondary N) is 1. The van der Waals surface area contributed by atoms with Gasteiger partial charge in [0.1, 0.15) is 5.75 Å². The monoisotopic (exact) mass is 484 g/mol. The van der Waals surface area contributed by atoms with Crippen LogP contribution in [0.5, 0.6) is 5.75 Å². The van der Waals surface area contributed by atoms with Crippen LogP contribution >= 0.6 is 0 Å². The third-order valence-corrected chi connectivity index (χ3v) is 7.79. The van der Waals surface area contributed by atoms with Crippen molar-refractivity contribution in [2.24, 2.45) is 5.92 Å². The predicted octanol–water partition coefficient (Wildman–Crippen LogP) is 3.79. The van der Waals surface area contributed by atoms with E-state index in [1.807, 2.05) is 6.92 Å². The molecule has 3 aromatic rings. The minimum atomic E-state index is -3.82. The quantitative estimate of drug-likeness (QED) is 0.542. The summed E-state index contributed by atoms with van der Waals surface area (Å²) in [5, 5.41) is 6.78. The molecule has 1 N–H and O–H groups in total. The highest BCUT2D eigenvalue weighted by molar-refractivity contribution is 7.89. The van der Waals surface area contributed by atoms with Crippen LogP contribution in [0.3, 0.4) is 0 Å². The van der Waals surface area contributed by atoms with Crippen molar-refractivity contribution < 1.29 is 22.5 Å². The van der Waals surface area contributed by atoms with E-state index >= 15 is 0 Å². The van der Waals surface area contributed by atoms with Crippen molar-refractivity contribution in [1.82, 2.24) is 14.4 Å². The van der Waals surface area contributed by atoms with Gasteiger partial charge in [-0.15, -0.1) is 0 Å². The van der Waals surface area contributed by atoms with Crippen LogP contribution in [0.1, 0.15) is 31.2 Å². The van der Waals surface area contributed by atoms with Crippen LogP contribution < -0.4 is 10.1 Å². The molecule has 0 spiro atoms. The van der Waals surface area contributed by atoms with Gasteiger partial charge in [-0.1, -0.05) is 17.3 Å². The van der Waals surface area contributed by atoms with Crippen molar-refractivity contribution in [1.29, 1.82) is 0 Å². The van der Waals surface area contributed by atoms with Crippen molar-refractivity contribution in [2.45, 2.75) is 38.5 Å². The van der Waals surface area contributed by atoms with Crippen LogP contribution in [0.4, 0.5) is 5.69 Å². The maximum Gasteiger partial charge on any atom is 0.243 e. The highest BCUT2D eigenvalue weighted by Gasteiger charge is 2.34. The molecule has 0 aliphatic carbocycles. The zero-order valence-corrected chi connectivity index (χ0v) is 20.3. The molecule has 1 aromatic heterocycles. The molecule has 9 nitrogen and oxygen atoms in total. The molecule has 0 bridgehead atoms. The lowest BCUT2D eigenvalue weighted by atomic mass is 9.99. The molecular formula is C24H28N4O5S. The molecule has 0 radical (unpaired) electrons. The number of hydrogen-bond donors (Lipinski definition) is 1. The number of benzene rings is 2. The zero-order chi connectivity index (χ0) is 24.3. The molecule has 1 amide bonds. The molecular weight excluding hydrogens is 456 g/mol. The van der Waals surface area contributed by atoms with E-state index in [4.69, 9.17) is 9.26 Å². The second kappa shape index (κ2) is 9.94. The lowest BCUT2D eigenvalue weighted by Gasteiger charge is -2.31. The molecule has 1 fully saturated rings. The number of amides is 1. The number of ether oxygens (including phenoxy) is 1. The summed E-state index contributed by atoms with van der Waals surface area (Å²) >= 11 is 0. The van der Waals surface area contributed by atoms with E-state index < -0.39 is 15.9 Å². The van der Waals surface area contributed by atoms with Crippen molar-refractivity contribution in [3.8, 4) is 17.1 Å². The van der Waals surface area contributed by atoms with Gasteiger partial charge in [-0.25, -0.2) is 8.42 Å². The molecule has 2 heterocycles. The SMILES string of the molecule is CCOc1ccc(NC(=O)[C@@H]2CCCN(S(=O)(=O)c3cc(-c4noc(C)n4)ccc3C)C2)cc1. The van der Waals surface area contributed by atoms with E-state index in [9.17, 15) is 13.2 Å². The van der Waals surface area contributed by atoms with Crippen LogP contribution in [0.25, 0.3) is 11.4 Å². The fraction of sp³-hybridized carbons (Fsp3) is 0.375. The highest BCUT2D eigenvalue weighted by Crippen LogP contribution is 2.29. The summed E-state index contributed by atoms with van der Waals surface area (Å²) in [6.07, 6.45) is 1.22. The molecule has 34 heavy (non-hydrogen) atoms. The van der Waals surface area contributed by atoms with E-state index in [0.29, 0.717) is 54.5 Å². The number of rotatable bonds is 7. The average molecular weight is 485 g/mol. The molecule has 1 aliphatic rings. The van der Waals surface area contributed by atoms with E-state index in [1.54, 1.807) is 56.3 Å². The summed E-state index contributed by atoms with van der Waals surface area (Å²) in [5.74, 6) is 0.817. The Morgan fingerprint density at radius 3 is 2.65 bits per heavy atom. The first kappa shape index (κ1) is 23.9. The summed E-state index contributed by atoms with van der Waals surface area (Å²) in [7, 11) is -3.82. The Hall–Kier alpha value is -3.24. The fourth-order valence-corrected chi connectivity index (χ4v) is 5.77. The van der Waals surface area contributed by atoms with E-state index in [1.165, 1.54) is 4.31 Å². The van der Waals surface area contributed by atoms with Crippen molar-refractivity contribution in [3.05, 3.63) is 53.9 Å². The Bertz CT molecular complexity index is 1270. The van der Waals surface area contributed by atoms with Crippen LogP contribution in [0.15, 0.2) is 51.9 Å². The van der Waals surface area contributed by atoms with Crippen LogP contribution in [0, 0.1) is 19.8 Å². The molecule has 0 saturated carbocycles. The third kappa shape index (κ3) is 5.13. The summed E-state index contributed by atoms with van der Waals surface area (Å²) in [6.45, 7) is 6.38. The van der Waals surface area contributed by atoms with Gasteiger partial charge in [-0.3, -0.25) is 4.79 Å². The largest absolute Gasteiger partial charge is 0.494 e. The lowest BCUT2D eigenvalue weighted by Crippen LogP contribution is -2.43. The maximum absolute atomic E-state index is 13.5. The number of carbonyl (C=O) groups is 1. The molecule has 180 valence electrons. The molecule has 4 rings (SSSR count). The molecule has 1 atom stereocenters. The molecule has 0 unspecified atom stereocenters. The van der Waals surface area contributed by atoms with Crippen molar-refractivity contribution in [2.75, 3.05) is 25.0 Å². The smallest absolute Gasteiger partial charge is 0.243 e. The molecule has 2 aromatic carbocycles. The van der Waals surface area contributed by atoms with Gasteiger partial charge in [-0.05, 0) is 62.6 Å². The number of sulfonamides is 1. The Morgan fingerprint density at radius 2 is 1.97 bits per heavy atom. The summed E-state index contributed by atoms with van der Waals surface area (Å²) < 4.78 is 38.9. The lowest BCUT2D eigenvalue weighted by molar-refractivity contribution is -0.120. The number of hydrogen-bond acceptors (Lipinski definition) is 7. The third-order valence-electron chi connectivity index (χ3n) is 5.78. The second-order valence-electron chi connectivity index (χ2n) is 8.27. The van der Waals surface area contributed by atoms with Crippen LogP contribution in [0.2, 0.25) is 0 Å². The van der Waals surface area contributed by atoms with E-state index in [2.05, 4.69) is 15.5 Å². The first-order chi connectivity index (χ1) is 16.3. The van der Waals surface area contributed by atoms with Crippen LogP contribution in [-0.4, -0.2) is 48.5 Å². The van der Waals surface area contributed by atoms with Gasteiger partial charge in [0.2, 0.25) is 27.6 Å². The zero-order valence-electron chi connectivity index (χ0n) is 19.4. The fourth-order valence-electron chi connectivity index (χ4n) is 3.99. The minimum Gasteiger partial charge on any atom is -0.494 e. The van der Waals surface area contributed by atoms with Gasteiger partial charge in [0, 0.05) is 31.3 Å². The van der Waals surface area contributed by atoms with Gasteiger partial charge in [-0.2, -0.15) is 9.29 Å². The summed E-state index contributed by atoms with van der Waals surface area (Å²) in [4.78, 5) is 17.3. The molecule has 10 heteroatoms. The number of piperidine rings is 1. The number of anilines is 1. The van der Waals surface area contributed by atoms with Gasteiger partial charge in [0.15, 0.2) is 0 Å². The Morgan fingerprint density at radius 1 is 1.21 bits per heavy atom. The first-order valence-corrected chi connectivity index (χ1v) is 12.7. The topological polar surface area (TPSA) is 115 Å². The first-order valence-electron chi connectivity index (χ1n) is 11.2. The summed E-state index contributed by atoms with van der Waals surface area (Å²) in [6, 6.07) is 12.2. The Kier molecular flexibility index (Phi) is 6.99. The van der Waals surface area contributed by atoms with Gasteiger partial charge < -0.3 is 14.6 Å². The van der Waals surface area contributed by atoms with Gasteiger partial charge in [0.25, 0.3) is 0 Å². The van der Waals surface area contributed by atoms with E-state index in [-0.39, 0.29) is 17.3 Å². The number of nitrogens with zero attached hydrogens (tertiary/aromatic N) is 3. The Balaban J connectivity index is 1.50. The maximum atomic E-state index is 13.5. The number of aromatic nitrogens is 2. The van der Waals surface area contributed by atoms with Gasteiger partial charge >= 0.3 is 0 Å². The van der Waals surface area contributed by atoms with Crippen molar-refractivity contribution in [3.63, 3.8) is 0 Å². The highest BCUT2D eigenvalue weighted by atomic mass is 32.2. The van der Waals surface area contributed by atoms with Crippen LogP contribution in [-0.2, 0) is 14.8 Å². The predicted molar refractivity (Wildman–Crippen MR) is 127 cm³/mol. The number of aryl methyl sites for hydroxylation is 2. The van der Waals surface area contributed by atoms with Crippen molar-refractivity contribution >= 4 is 21.6 Å². The Labute approximate surface area is 199 Å². The number of carbonyl (C=O) groups excluding carboxylic acids is 1. The minimum absolute atomic E-state index is 0.121. The summed E-state index contributed by atoms with van der Waals surface area (Å²) in [5.41, 5.74) is 1.82. The average Bonchev–Trinajstić information content (AvgIpc) is 3.27. The van der Waals surface area contributed by atoms with E-state index in [0.717, 1.165) is 5.75 Å². The standard InChI is InChI=1S/C24H28N4O5S/c1-4-32-21-11-9-20(10-12-21)26-24(29)19-6-5-13-28(15-19)34(30,31)22-14-18(8-7-16(22)2)23-25-17(3)33-27-23/h7-12,14,19H,4-6,13,15H2,1-3H3,(H,26,29)/t19-/m1/s1.